The van der Waals surface area contributed by atoms with Crippen molar-refractivity contribution in [2.24, 2.45) is 7.05 Å². The van der Waals surface area contributed by atoms with Gasteiger partial charge in [0.15, 0.2) is 0 Å². The first-order chi connectivity index (χ1) is 9.11. The zero-order valence-corrected chi connectivity index (χ0v) is 13.2. The summed E-state index contributed by atoms with van der Waals surface area (Å²) in [5, 5.41) is 3.37. The fourth-order valence-corrected chi connectivity index (χ4v) is 2.83. The number of benzene rings is 2. The number of aromatic nitrogens is 1. The van der Waals surface area contributed by atoms with Crippen molar-refractivity contribution in [3.63, 3.8) is 0 Å². The zero-order chi connectivity index (χ0) is 13.6. The van der Waals surface area contributed by atoms with Crippen LogP contribution in [0.4, 0.5) is 0 Å². The van der Waals surface area contributed by atoms with Crippen molar-refractivity contribution in [3.8, 4) is 5.75 Å². The molecule has 0 aliphatic heterocycles. The third-order valence-corrected chi connectivity index (χ3v) is 4.00. The van der Waals surface area contributed by atoms with Gasteiger partial charge >= 0.3 is 0 Å². The summed E-state index contributed by atoms with van der Waals surface area (Å²) in [5.41, 5.74) is 2.05. The van der Waals surface area contributed by atoms with Gasteiger partial charge in [0.05, 0.1) is 22.9 Å². The number of methoxy groups -OCH3 is 1. The van der Waals surface area contributed by atoms with Crippen molar-refractivity contribution >= 4 is 45.0 Å². The molecule has 0 N–H and O–H groups in total. The van der Waals surface area contributed by atoms with Gasteiger partial charge in [0.2, 0.25) is 11.0 Å². The third kappa shape index (κ3) is 2.28. The number of halogens is 3. The van der Waals surface area contributed by atoms with E-state index in [1.54, 1.807) is 7.11 Å². The summed E-state index contributed by atoms with van der Waals surface area (Å²) in [5.74, 6) is 0.794. The number of fused-ring (bicyclic) bond motifs is 2. The lowest BCUT2D eigenvalue weighted by molar-refractivity contribution is -0.617. The van der Waals surface area contributed by atoms with Gasteiger partial charge in [-0.3, -0.25) is 0 Å². The minimum absolute atomic E-state index is 0. The fourth-order valence-electron chi connectivity index (χ4n) is 2.35. The van der Waals surface area contributed by atoms with Crippen molar-refractivity contribution in [2.45, 2.75) is 0 Å². The highest BCUT2D eigenvalue weighted by atomic mass is 35.5. The van der Waals surface area contributed by atoms with Gasteiger partial charge in [0.25, 0.3) is 0 Å². The number of ether oxygens (including phenoxy) is 1. The van der Waals surface area contributed by atoms with Crippen LogP contribution in [-0.2, 0) is 7.05 Å². The van der Waals surface area contributed by atoms with Gasteiger partial charge < -0.3 is 17.1 Å². The molecule has 0 saturated heterocycles. The number of aryl methyl sites for hydroxylation is 1. The normalized spacial score (nSPS) is 10.6. The lowest BCUT2D eigenvalue weighted by Gasteiger charge is -2.07. The van der Waals surface area contributed by atoms with Crippen LogP contribution in [0.25, 0.3) is 21.8 Å². The van der Waals surface area contributed by atoms with Gasteiger partial charge in [0.1, 0.15) is 12.8 Å². The van der Waals surface area contributed by atoms with Crippen LogP contribution in [0, 0.1) is 0 Å². The van der Waals surface area contributed by atoms with E-state index < -0.39 is 0 Å². The summed E-state index contributed by atoms with van der Waals surface area (Å²) in [6.07, 6.45) is 0. The van der Waals surface area contributed by atoms with E-state index in [2.05, 4.69) is 4.57 Å². The highest BCUT2D eigenvalue weighted by molar-refractivity contribution is 6.40. The standard InChI is InChI=1S/C15H12Cl2NO.ClH/c1-18-13-6-4-10(19-2)8-12(13)15(17)11-5-3-9(16)7-14(11)18;/h3-8H,1-2H3;1H/q+1;/p-1. The molecular weight excluding hydrogens is 317 g/mol. The third-order valence-electron chi connectivity index (χ3n) is 3.36. The second kappa shape index (κ2) is 5.65. The van der Waals surface area contributed by atoms with Crippen molar-refractivity contribution in [1.82, 2.24) is 0 Å². The van der Waals surface area contributed by atoms with Gasteiger partial charge in [-0.15, -0.1) is 0 Å². The van der Waals surface area contributed by atoms with Gasteiger partial charge in [0, 0.05) is 17.2 Å². The average Bonchev–Trinajstić information content (AvgIpc) is 2.44. The Balaban J connectivity index is 0.00000147. The first kappa shape index (κ1) is 15.2. The molecule has 0 amide bonds. The van der Waals surface area contributed by atoms with Crippen LogP contribution >= 0.6 is 23.2 Å². The molecule has 0 radical (unpaired) electrons. The van der Waals surface area contributed by atoms with Gasteiger partial charge in [-0.25, -0.2) is 0 Å². The summed E-state index contributed by atoms with van der Waals surface area (Å²) in [6, 6.07) is 11.6. The Morgan fingerprint density at radius 2 is 1.70 bits per heavy atom. The first-order valence-corrected chi connectivity index (χ1v) is 6.62. The van der Waals surface area contributed by atoms with E-state index >= 15 is 0 Å². The lowest BCUT2D eigenvalue weighted by atomic mass is 10.1. The summed E-state index contributed by atoms with van der Waals surface area (Å²) in [4.78, 5) is 0. The number of pyridine rings is 1. The molecule has 0 fully saturated rings. The Morgan fingerprint density at radius 3 is 2.40 bits per heavy atom. The molecule has 2 aromatic carbocycles. The van der Waals surface area contributed by atoms with E-state index in [0.29, 0.717) is 5.02 Å². The molecule has 3 rings (SSSR count). The highest BCUT2D eigenvalue weighted by Gasteiger charge is 2.17. The van der Waals surface area contributed by atoms with Crippen molar-refractivity contribution in [1.29, 1.82) is 0 Å². The molecule has 1 heterocycles. The monoisotopic (exact) mass is 327 g/mol. The Kier molecular flexibility index (Phi) is 4.28. The molecule has 0 saturated carbocycles. The topological polar surface area (TPSA) is 13.1 Å². The fraction of sp³-hybridized carbons (Fsp3) is 0.133. The van der Waals surface area contributed by atoms with Crippen LogP contribution in [0.15, 0.2) is 36.4 Å². The van der Waals surface area contributed by atoms with E-state index in [1.807, 2.05) is 43.4 Å². The van der Waals surface area contributed by atoms with E-state index in [1.165, 1.54) is 0 Å². The van der Waals surface area contributed by atoms with Crippen LogP contribution in [0.5, 0.6) is 5.75 Å². The Labute approximate surface area is 133 Å². The van der Waals surface area contributed by atoms with Crippen LogP contribution in [-0.4, -0.2) is 7.11 Å². The number of nitrogens with zero attached hydrogens (tertiary/aromatic N) is 1. The zero-order valence-electron chi connectivity index (χ0n) is 11.0. The molecule has 20 heavy (non-hydrogen) atoms. The van der Waals surface area contributed by atoms with Crippen LogP contribution < -0.4 is 21.7 Å². The molecule has 0 aliphatic rings. The molecule has 0 unspecified atom stereocenters. The molecule has 3 aromatic rings. The first-order valence-electron chi connectivity index (χ1n) is 5.86. The molecule has 0 spiro atoms. The number of hydrogen-bond donors (Lipinski definition) is 0. The molecule has 0 atom stereocenters. The summed E-state index contributed by atoms with van der Waals surface area (Å²) in [6.45, 7) is 0. The van der Waals surface area contributed by atoms with E-state index in [0.717, 1.165) is 32.6 Å². The number of hydrogen-bond acceptors (Lipinski definition) is 1. The van der Waals surface area contributed by atoms with Crippen molar-refractivity contribution in [3.05, 3.63) is 46.4 Å². The lowest BCUT2D eigenvalue weighted by Crippen LogP contribution is -3.00. The van der Waals surface area contributed by atoms with Crippen molar-refractivity contribution in [2.75, 3.05) is 7.11 Å². The minimum Gasteiger partial charge on any atom is -1.00 e. The van der Waals surface area contributed by atoms with Gasteiger partial charge in [-0.1, -0.05) is 23.2 Å². The summed E-state index contributed by atoms with van der Waals surface area (Å²) in [7, 11) is 3.65. The molecular formula is C15H12Cl3NO. The van der Waals surface area contributed by atoms with Crippen LogP contribution in [0.1, 0.15) is 0 Å². The summed E-state index contributed by atoms with van der Waals surface area (Å²) < 4.78 is 7.34. The van der Waals surface area contributed by atoms with Crippen molar-refractivity contribution < 1.29 is 21.7 Å². The van der Waals surface area contributed by atoms with Crippen LogP contribution in [0.2, 0.25) is 10.0 Å². The summed E-state index contributed by atoms with van der Waals surface area (Å²) >= 11 is 12.6. The molecule has 2 nitrogen and oxygen atoms in total. The maximum atomic E-state index is 6.52. The second-order valence-corrected chi connectivity index (χ2v) is 5.23. The number of rotatable bonds is 1. The maximum Gasteiger partial charge on any atom is 0.215 e. The van der Waals surface area contributed by atoms with Gasteiger partial charge in [-0.2, -0.15) is 4.57 Å². The molecule has 5 heteroatoms. The second-order valence-electron chi connectivity index (χ2n) is 4.42. The average molecular weight is 329 g/mol. The smallest absolute Gasteiger partial charge is 0.215 e. The Morgan fingerprint density at radius 1 is 0.950 bits per heavy atom. The van der Waals surface area contributed by atoms with Crippen LogP contribution in [0.3, 0.4) is 0 Å². The van der Waals surface area contributed by atoms with E-state index in [4.69, 9.17) is 27.9 Å². The largest absolute Gasteiger partial charge is 1.00 e. The maximum absolute atomic E-state index is 6.52. The predicted octanol–water partition coefficient (Wildman–Crippen LogP) is 1.14. The molecule has 0 aliphatic carbocycles. The molecule has 0 bridgehead atoms. The molecule has 1 aromatic heterocycles. The molecule has 104 valence electrons. The van der Waals surface area contributed by atoms with Gasteiger partial charge in [-0.05, 0) is 24.3 Å². The highest BCUT2D eigenvalue weighted by Crippen LogP contribution is 2.32. The Hall–Kier alpha value is -1.22. The minimum atomic E-state index is 0. The van der Waals surface area contributed by atoms with E-state index in [-0.39, 0.29) is 12.4 Å². The SMILES string of the molecule is COc1ccc2c(c1)c(Cl)c1ccc(Cl)cc1[n+]2C.[Cl-]. The van der Waals surface area contributed by atoms with E-state index in [9.17, 15) is 0 Å². The predicted molar refractivity (Wildman–Crippen MR) is 79.2 cm³/mol. The Bertz CT molecular complexity index is 802. The quantitative estimate of drug-likeness (QED) is 0.482.